The van der Waals surface area contributed by atoms with Gasteiger partial charge in [-0.25, -0.2) is 14.5 Å². The van der Waals surface area contributed by atoms with Crippen LogP contribution in [0.25, 0.3) is 16.9 Å². The Balaban J connectivity index is 1.56. The summed E-state index contributed by atoms with van der Waals surface area (Å²) >= 11 is 0. The van der Waals surface area contributed by atoms with Gasteiger partial charge in [0.25, 0.3) is 0 Å². The van der Waals surface area contributed by atoms with E-state index in [9.17, 15) is 13.2 Å². The number of hydrogen-bond acceptors (Lipinski definition) is 4. The van der Waals surface area contributed by atoms with Crippen molar-refractivity contribution >= 4 is 5.65 Å². The summed E-state index contributed by atoms with van der Waals surface area (Å²) < 4.78 is 47.6. The quantitative estimate of drug-likeness (QED) is 0.530. The number of aryl methyl sites for hydroxylation is 2. The zero-order valence-electron chi connectivity index (χ0n) is 15.1. The minimum Gasteiger partial charge on any atom is -0.468 e. The van der Waals surface area contributed by atoms with Crippen LogP contribution in [-0.4, -0.2) is 24.1 Å². The highest BCUT2D eigenvalue weighted by Gasteiger charge is 2.36. The molecular formula is C19H16F3N5O. The summed E-state index contributed by atoms with van der Waals surface area (Å²) in [4.78, 5) is 8.15. The van der Waals surface area contributed by atoms with Gasteiger partial charge in [-0.3, -0.25) is 0 Å². The SMILES string of the molecule is Cc1c(C(F)(F)F)nc2ccc(OCc3nc(-c4ccccc4)cn3C)nn12. The van der Waals surface area contributed by atoms with Crippen LogP contribution in [0.4, 0.5) is 13.2 Å². The minimum atomic E-state index is -4.53. The van der Waals surface area contributed by atoms with Gasteiger partial charge in [0, 0.05) is 24.9 Å². The van der Waals surface area contributed by atoms with Gasteiger partial charge in [-0.2, -0.15) is 13.2 Å². The van der Waals surface area contributed by atoms with Crippen LogP contribution >= 0.6 is 0 Å². The third-order valence-electron chi connectivity index (χ3n) is 4.34. The van der Waals surface area contributed by atoms with E-state index < -0.39 is 11.9 Å². The second-order valence-corrected chi connectivity index (χ2v) is 6.29. The summed E-state index contributed by atoms with van der Waals surface area (Å²) in [5.41, 5.74) is 0.869. The third kappa shape index (κ3) is 3.30. The number of ether oxygens (including phenoxy) is 1. The Morgan fingerprint density at radius 3 is 2.50 bits per heavy atom. The second kappa shape index (κ2) is 6.66. The number of hydrogen-bond donors (Lipinski definition) is 0. The Hall–Kier alpha value is -3.36. The van der Waals surface area contributed by atoms with Gasteiger partial charge in [-0.15, -0.1) is 5.10 Å². The lowest BCUT2D eigenvalue weighted by molar-refractivity contribution is -0.141. The average Bonchev–Trinajstić information content (AvgIpc) is 3.21. The molecule has 0 spiro atoms. The third-order valence-corrected chi connectivity index (χ3v) is 4.34. The molecule has 0 aliphatic rings. The standard InChI is InChI=1S/C19H16F3N5O/c1-12-18(19(20,21)22)24-15-8-9-17(25-27(12)15)28-11-16-23-14(10-26(16)2)13-6-4-3-5-7-13/h3-10H,11H2,1-2H3. The number of halogens is 3. The maximum absolute atomic E-state index is 13.0. The van der Waals surface area contributed by atoms with E-state index in [4.69, 9.17) is 4.74 Å². The molecule has 3 aromatic heterocycles. The van der Waals surface area contributed by atoms with Crippen LogP contribution in [0.3, 0.4) is 0 Å². The number of aromatic nitrogens is 5. The highest BCUT2D eigenvalue weighted by molar-refractivity contribution is 5.58. The van der Waals surface area contributed by atoms with Crippen LogP contribution in [0.1, 0.15) is 17.2 Å². The molecule has 4 rings (SSSR count). The largest absolute Gasteiger partial charge is 0.468 e. The van der Waals surface area contributed by atoms with Gasteiger partial charge in [0.2, 0.25) is 5.88 Å². The van der Waals surface area contributed by atoms with E-state index in [-0.39, 0.29) is 23.8 Å². The summed E-state index contributed by atoms with van der Waals surface area (Å²) in [7, 11) is 1.85. The monoisotopic (exact) mass is 387 g/mol. The van der Waals surface area contributed by atoms with Crippen LogP contribution < -0.4 is 4.74 Å². The molecule has 0 fully saturated rings. The first-order valence-electron chi connectivity index (χ1n) is 8.47. The van der Waals surface area contributed by atoms with Crippen molar-refractivity contribution in [3.05, 3.63) is 65.9 Å². The molecule has 0 amide bonds. The van der Waals surface area contributed by atoms with E-state index in [1.54, 1.807) is 0 Å². The lowest BCUT2D eigenvalue weighted by atomic mass is 10.2. The molecule has 0 aliphatic heterocycles. The van der Waals surface area contributed by atoms with E-state index in [0.717, 1.165) is 15.8 Å². The molecular weight excluding hydrogens is 371 g/mol. The second-order valence-electron chi connectivity index (χ2n) is 6.29. The van der Waals surface area contributed by atoms with Crippen molar-refractivity contribution in [1.82, 2.24) is 24.1 Å². The lowest BCUT2D eigenvalue weighted by Crippen LogP contribution is -2.08. The van der Waals surface area contributed by atoms with Crippen LogP contribution in [-0.2, 0) is 19.8 Å². The smallest absolute Gasteiger partial charge is 0.435 e. The topological polar surface area (TPSA) is 57.2 Å². The predicted molar refractivity (Wildman–Crippen MR) is 95.7 cm³/mol. The van der Waals surface area contributed by atoms with Gasteiger partial charge >= 0.3 is 6.18 Å². The number of nitrogens with zero attached hydrogens (tertiary/aromatic N) is 5. The summed E-state index contributed by atoms with van der Waals surface area (Å²) in [5.74, 6) is 0.852. The molecule has 0 saturated carbocycles. The number of alkyl halides is 3. The van der Waals surface area contributed by atoms with Crippen molar-refractivity contribution in [3.8, 4) is 17.1 Å². The molecule has 1 aromatic carbocycles. The summed E-state index contributed by atoms with van der Waals surface area (Å²) in [6.45, 7) is 1.45. The van der Waals surface area contributed by atoms with Gasteiger partial charge in [0.15, 0.2) is 11.3 Å². The summed E-state index contributed by atoms with van der Waals surface area (Å²) in [6.07, 6.45) is -2.64. The normalized spacial score (nSPS) is 11.9. The van der Waals surface area contributed by atoms with E-state index in [1.165, 1.54) is 19.1 Å². The zero-order chi connectivity index (χ0) is 19.9. The highest BCUT2D eigenvalue weighted by Crippen LogP contribution is 2.31. The Morgan fingerprint density at radius 1 is 1.04 bits per heavy atom. The number of imidazole rings is 2. The van der Waals surface area contributed by atoms with Crippen LogP contribution in [0.2, 0.25) is 0 Å². The van der Waals surface area contributed by atoms with Gasteiger partial charge < -0.3 is 9.30 Å². The molecule has 0 unspecified atom stereocenters. The van der Waals surface area contributed by atoms with E-state index >= 15 is 0 Å². The number of benzene rings is 1. The molecule has 6 nitrogen and oxygen atoms in total. The molecule has 3 heterocycles. The maximum atomic E-state index is 13.0. The Bertz CT molecular complexity index is 1130. The number of rotatable bonds is 4. The molecule has 0 radical (unpaired) electrons. The summed E-state index contributed by atoms with van der Waals surface area (Å²) in [6, 6.07) is 12.6. The molecule has 144 valence electrons. The fourth-order valence-corrected chi connectivity index (χ4v) is 2.90. The van der Waals surface area contributed by atoms with Crippen molar-refractivity contribution in [1.29, 1.82) is 0 Å². The molecule has 0 N–H and O–H groups in total. The molecule has 9 heteroatoms. The molecule has 0 bridgehead atoms. The Labute approximate surface area is 158 Å². The fraction of sp³-hybridized carbons (Fsp3) is 0.211. The first kappa shape index (κ1) is 18.0. The molecule has 0 saturated heterocycles. The van der Waals surface area contributed by atoms with E-state index in [1.807, 2.05) is 48.1 Å². The van der Waals surface area contributed by atoms with Gasteiger partial charge in [-0.05, 0) is 13.0 Å². The molecule has 4 aromatic rings. The molecule has 0 atom stereocenters. The van der Waals surface area contributed by atoms with Crippen molar-refractivity contribution in [2.24, 2.45) is 7.05 Å². The first-order chi connectivity index (χ1) is 13.3. The van der Waals surface area contributed by atoms with Crippen LogP contribution in [0.5, 0.6) is 5.88 Å². The van der Waals surface area contributed by atoms with Gasteiger partial charge in [0.1, 0.15) is 12.4 Å². The minimum absolute atomic E-state index is 0.0868. The Kier molecular flexibility index (Phi) is 4.29. The summed E-state index contributed by atoms with van der Waals surface area (Å²) in [5, 5.41) is 4.11. The lowest BCUT2D eigenvalue weighted by Gasteiger charge is -2.06. The van der Waals surface area contributed by atoms with Crippen molar-refractivity contribution in [3.63, 3.8) is 0 Å². The Morgan fingerprint density at radius 2 is 1.79 bits per heavy atom. The number of fused-ring (bicyclic) bond motifs is 1. The van der Waals surface area contributed by atoms with Gasteiger partial charge in [0.05, 0.1) is 11.4 Å². The van der Waals surface area contributed by atoms with Crippen molar-refractivity contribution < 1.29 is 17.9 Å². The average molecular weight is 387 g/mol. The predicted octanol–water partition coefficient (Wildman–Crippen LogP) is 4.04. The highest BCUT2D eigenvalue weighted by atomic mass is 19.4. The maximum Gasteiger partial charge on any atom is 0.435 e. The van der Waals surface area contributed by atoms with Crippen molar-refractivity contribution in [2.45, 2.75) is 19.7 Å². The molecule has 28 heavy (non-hydrogen) atoms. The first-order valence-corrected chi connectivity index (χ1v) is 8.47. The fourth-order valence-electron chi connectivity index (χ4n) is 2.90. The van der Waals surface area contributed by atoms with Gasteiger partial charge in [-0.1, -0.05) is 30.3 Å². The van der Waals surface area contributed by atoms with Crippen LogP contribution in [0, 0.1) is 6.92 Å². The van der Waals surface area contributed by atoms with Crippen molar-refractivity contribution in [2.75, 3.05) is 0 Å². The zero-order valence-corrected chi connectivity index (χ0v) is 15.1. The van der Waals surface area contributed by atoms with E-state index in [0.29, 0.717) is 5.82 Å². The van der Waals surface area contributed by atoms with E-state index in [2.05, 4.69) is 15.1 Å². The van der Waals surface area contributed by atoms with Crippen LogP contribution in [0.15, 0.2) is 48.7 Å². The molecule has 0 aliphatic carbocycles.